The highest BCUT2D eigenvalue weighted by Crippen LogP contribution is 2.43. The van der Waals surface area contributed by atoms with Crippen LogP contribution >= 0.6 is 7.37 Å². The Labute approximate surface area is 109 Å². The average Bonchev–Trinajstić information content (AvgIpc) is 2.50. The molecule has 2 aromatic rings. The molecule has 0 radical (unpaired) electrons. The van der Waals surface area contributed by atoms with E-state index in [0.717, 1.165) is 10.6 Å². The molecule has 2 rings (SSSR count). The molecule has 0 aromatic heterocycles. The van der Waals surface area contributed by atoms with E-state index in [2.05, 4.69) is 0 Å². The second-order valence-corrected chi connectivity index (χ2v) is 5.91. The molecule has 0 heterocycles. The van der Waals surface area contributed by atoms with E-state index in [1.165, 1.54) is 7.11 Å². The number of hydrogen-bond donors (Lipinski definition) is 0. The smallest absolute Gasteiger partial charge is 0.261 e. The van der Waals surface area contributed by atoms with Crippen LogP contribution in [0.4, 0.5) is 0 Å². The molecular formula is C15H19O2P. The molecule has 0 N–H and O–H groups in total. The van der Waals surface area contributed by atoms with Crippen LogP contribution in [0, 0.1) is 0 Å². The molecule has 0 atom stereocenters. The molecule has 0 saturated heterocycles. The van der Waals surface area contributed by atoms with Gasteiger partial charge in [0.05, 0.1) is 0 Å². The van der Waals surface area contributed by atoms with Crippen LogP contribution in [0.1, 0.15) is 13.8 Å². The van der Waals surface area contributed by atoms with E-state index in [4.69, 9.17) is 4.52 Å². The average molecular weight is 262 g/mol. The molecule has 2 nitrogen and oxygen atoms in total. The molecule has 0 spiro atoms. The monoisotopic (exact) mass is 262 g/mol. The maximum Gasteiger partial charge on any atom is 0.261 e. The van der Waals surface area contributed by atoms with E-state index in [-0.39, 0.29) is 0 Å². The summed E-state index contributed by atoms with van der Waals surface area (Å²) in [4.78, 5) is 0. The zero-order valence-electron chi connectivity index (χ0n) is 11.0. The van der Waals surface area contributed by atoms with Crippen molar-refractivity contribution in [3.63, 3.8) is 0 Å². The molecule has 0 aliphatic carbocycles. The molecule has 0 aliphatic rings. The minimum atomic E-state index is -2.90. The highest BCUT2D eigenvalue weighted by atomic mass is 31.2. The van der Waals surface area contributed by atoms with Crippen molar-refractivity contribution >= 4 is 18.0 Å². The minimum Gasteiger partial charge on any atom is -0.325 e. The fourth-order valence-electron chi connectivity index (χ4n) is 1.61. The Bertz CT molecular complexity index is 451. The van der Waals surface area contributed by atoms with E-state index in [1.54, 1.807) is 0 Å². The first-order valence-corrected chi connectivity index (χ1v) is 7.67. The summed E-state index contributed by atoms with van der Waals surface area (Å²) in [5.74, 6) is 0. The van der Waals surface area contributed by atoms with Gasteiger partial charge in [0, 0.05) is 17.7 Å². The first kappa shape index (κ1) is 14.7. The molecule has 96 valence electrons. The molecular weight excluding hydrogens is 243 g/mol. The lowest BCUT2D eigenvalue weighted by Gasteiger charge is -2.16. The third-order valence-corrected chi connectivity index (χ3v) is 4.92. The van der Waals surface area contributed by atoms with Crippen LogP contribution in [0.25, 0.3) is 0 Å². The predicted molar refractivity (Wildman–Crippen MR) is 78.1 cm³/mol. The van der Waals surface area contributed by atoms with E-state index in [0.29, 0.717) is 0 Å². The van der Waals surface area contributed by atoms with Gasteiger partial charge in [-0.3, -0.25) is 4.57 Å². The van der Waals surface area contributed by atoms with E-state index >= 15 is 0 Å². The van der Waals surface area contributed by atoms with Crippen LogP contribution in [0.3, 0.4) is 0 Å². The van der Waals surface area contributed by atoms with Crippen molar-refractivity contribution < 1.29 is 9.09 Å². The molecule has 0 amide bonds. The molecule has 0 saturated carbocycles. The number of benzene rings is 2. The highest BCUT2D eigenvalue weighted by molar-refractivity contribution is 7.74. The van der Waals surface area contributed by atoms with Gasteiger partial charge in [0.1, 0.15) is 0 Å². The number of hydrogen-bond acceptors (Lipinski definition) is 2. The summed E-state index contributed by atoms with van der Waals surface area (Å²) in [6.07, 6.45) is 0. The van der Waals surface area contributed by atoms with E-state index in [9.17, 15) is 4.57 Å². The fourth-order valence-corrected chi connectivity index (χ4v) is 3.46. The molecule has 18 heavy (non-hydrogen) atoms. The van der Waals surface area contributed by atoms with Crippen molar-refractivity contribution in [3.05, 3.63) is 60.7 Å². The summed E-state index contributed by atoms with van der Waals surface area (Å²) < 4.78 is 18.0. The third-order valence-electron chi connectivity index (χ3n) is 2.45. The zero-order valence-corrected chi connectivity index (χ0v) is 11.9. The van der Waals surface area contributed by atoms with Crippen LogP contribution in [0.15, 0.2) is 60.7 Å². The van der Waals surface area contributed by atoms with Crippen molar-refractivity contribution in [1.82, 2.24) is 0 Å². The standard InChI is InChI=1S/C13H13O2P.C2H6/c1-15-16(14,12-8-4-2-5-9-12)13-10-6-3-7-11-13;1-2/h2-11H,1H3;1-2H3. The quantitative estimate of drug-likeness (QED) is 0.790. The first-order valence-electron chi connectivity index (χ1n) is 6.04. The van der Waals surface area contributed by atoms with Crippen LogP contribution < -0.4 is 10.6 Å². The Hall–Kier alpha value is -1.37. The summed E-state index contributed by atoms with van der Waals surface area (Å²) in [6, 6.07) is 18.6. The van der Waals surface area contributed by atoms with E-state index in [1.807, 2.05) is 74.5 Å². The summed E-state index contributed by atoms with van der Waals surface area (Å²) >= 11 is 0. The van der Waals surface area contributed by atoms with Gasteiger partial charge in [-0.2, -0.15) is 0 Å². The van der Waals surface area contributed by atoms with Crippen molar-refractivity contribution in [3.8, 4) is 0 Å². The van der Waals surface area contributed by atoms with Crippen molar-refractivity contribution in [2.75, 3.05) is 7.11 Å². The van der Waals surface area contributed by atoms with Crippen molar-refractivity contribution in [2.24, 2.45) is 0 Å². The molecule has 0 fully saturated rings. The Morgan fingerprint density at radius 3 is 1.39 bits per heavy atom. The van der Waals surface area contributed by atoms with Gasteiger partial charge in [0.2, 0.25) is 0 Å². The molecule has 2 aromatic carbocycles. The summed E-state index contributed by atoms with van der Waals surface area (Å²) in [5, 5.41) is 1.45. The Morgan fingerprint density at radius 1 is 0.778 bits per heavy atom. The molecule has 3 heteroatoms. The lowest BCUT2D eigenvalue weighted by molar-refractivity contribution is 0.412. The largest absolute Gasteiger partial charge is 0.325 e. The van der Waals surface area contributed by atoms with Gasteiger partial charge in [-0.25, -0.2) is 0 Å². The lowest BCUT2D eigenvalue weighted by Crippen LogP contribution is -2.16. The topological polar surface area (TPSA) is 26.3 Å². The van der Waals surface area contributed by atoms with Gasteiger partial charge >= 0.3 is 0 Å². The van der Waals surface area contributed by atoms with Crippen LogP contribution in [0.2, 0.25) is 0 Å². The van der Waals surface area contributed by atoms with Crippen molar-refractivity contribution in [2.45, 2.75) is 13.8 Å². The Balaban J connectivity index is 0.000000771. The van der Waals surface area contributed by atoms with Crippen molar-refractivity contribution in [1.29, 1.82) is 0 Å². The maximum atomic E-state index is 12.8. The summed E-state index contributed by atoms with van der Waals surface area (Å²) in [6.45, 7) is 4.00. The second kappa shape index (κ2) is 7.15. The first-order chi connectivity index (χ1) is 8.77. The number of rotatable bonds is 3. The molecule has 0 aliphatic heterocycles. The lowest BCUT2D eigenvalue weighted by atomic mass is 10.4. The Morgan fingerprint density at radius 2 is 1.11 bits per heavy atom. The van der Waals surface area contributed by atoms with Gasteiger partial charge < -0.3 is 4.52 Å². The predicted octanol–water partition coefficient (Wildman–Crippen LogP) is 3.59. The van der Waals surface area contributed by atoms with E-state index < -0.39 is 7.37 Å². The van der Waals surface area contributed by atoms with Gasteiger partial charge in [-0.15, -0.1) is 0 Å². The van der Waals surface area contributed by atoms with Crippen LogP contribution in [-0.4, -0.2) is 7.11 Å². The second-order valence-electron chi connectivity index (χ2n) is 3.41. The zero-order chi connectivity index (χ0) is 13.4. The SMILES string of the molecule is CC.COP(=O)(c1ccccc1)c1ccccc1. The summed E-state index contributed by atoms with van der Waals surface area (Å²) in [5.41, 5.74) is 0. The maximum absolute atomic E-state index is 12.8. The minimum absolute atomic E-state index is 0.726. The fraction of sp³-hybridized carbons (Fsp3) is 0.200. The third kappa shape index (κ3) is 3.10. The molecule has 0 bridgehead atoms. The normalized spacial score (nSPS) is 10.4. The van der Waals surface area contributed by atoms with Crippen LogP contribution in [-0.2, 0) is 9.09 Å². The van der Waals surface area contributed by atoms with Crippen LogP contribution in [0.5, 0.6) is 0 Å². The van der Waals surface area contributed by atoms with Gasteiger partial charge in [-0.05, 0) is 24.3 Å². The van der Waals surface area contributed by atoms with Gasteiger partial charge in [-0.1, -0.05) is 50.2 Å². The highest BCUT2D eigenvalue weighted by Gasteiger charge is 2.26. The summed E-state index contributed by atoms with van der Waals surface area (Å²) in [7, 11) is -1.42. The Kier molecular flexibility index (Phi) is 5.84. The van der Waals surface area contributed by atoms with Gasteiger partial charge in [0.15, 0.2) is 0 Å². The van der Waals surface area contributed by atoms with Gasteiger partial charge in [0.25, 0.3) is 7.37 Å². The molecule has 0 unspecified atom stereocenters.